The van der Waals surface area contributed by atoms with Crippen LogP contribution < -0.4 is 16.6 Å². The number of nitrogens with zero attached hydrogens (tertiary/aromatic N) is 7. The van der Waals surface area contributed by atoms with Crippen molar-refractivity contribution in [3.8, 4) is 17.5 Å². The second kappa shape index (κ2) is 9.85. The van der Waals surface area contributed by atoms with Gasteiger partial charge in [0.1, 0.15) is 17.1 Å². The number of benzene rings is 2. The number of carbonyl (C=O) groups is 1. The smallest absolute Gasteiger partial charge is 0.267 e. The van der Waals surface area contributed by atoms with Crippen molar-refractivity contribution in [2.75, 3.05) is 5.73 Å². The number of fused-ring (bicyclic) bond motifs is 2. The van der Waals surface area contributed by atoms with Crippen LogP contribution in [-0.4, -0.2) is 39.6 Å². The van der Waals surface area contributed by atoms with Crippen LogP contribution in [0.3, 0.4) is 0 Å². The van der Waals surface area contributed by atoms with Crippen molar-refractivity contribution in [3.05, 3.63) is 113 Å². The van der Waals surface area contributed by atoms with Gasteiger partial charge in [0.25, 0.3) is 11.5 Å². The fraction of sp³-hybridized carbons (Fsp3) is 0.103. The number of hydrogen-bond acceptors (Lipinski definition) is 7. The van der Waals surface area contributed by atoms with E-state index in [2.05, 4.69) is 32.2 Å². The van der Waals surface area contributed by atoms with Gasteiger partial charge in [-0.1, -0.05) is 30.2 Å². The van der Waals surface area contributed by atoms with E-state index >= 15 is 0 Å². The topological polar surface area (TPSA) is 138 Å². The molecule has 6 aromatic rings. The van der Waals surface area contributed by atoms with Crippen LogP contribution in [0.2, 0.25) is 0 Å². The van der Waals surface area contributed by atoms with Gasteiger partial charge in [-0.25, -0.2) is 19.5 Å². The van der Waals surface area contributed by atoms with Gasteiger partial charge in [-0.2, -0.15) is 0 Å². The molecule has 3 N–H and O–H groups in total. The Labute approximate surface area is 227 Å². The Morgan fingerprint density at radius 1 is 1.05 bits per heavy atom. The summed E-state index contributed by atoms with van der Waals surface area (Å²) < 4.78 is 4.74. The molecule has 0 bridgehead atoms. The Balaban J connectivity index is 1.48. The van der Waals surface area contributed by atoms with Gasteiger partial charge in [0.05, 0.1) is 29.0 Å². The van der Waals surface area contributed by atoms with Crippen LogP contribution in [-0.2, 0) is 7.05 Å². The Morgan fingerprint density at radius 2 is 1.88 bits per heavy atom. The maximum absolute atomic E-state index is 14.1. The van der Waals surface area contributed by atoms with Crippen molar-refractivity contribution in [2.45, 2.75) is 13.0 Å². The molecule has 6 rings (SSSR count). The van der Waals surface area contributed by atoms with E-state index < -0.39 is 11.9 Å². The lowest BCUT2D eigenvalue weighted by atomic mass is 10.1. The first-order valence-electron chi connectivity index (χ1n) is 12.4. The summed E-state index contributed by atoms with van der Waals surface area (Å²) >= 11 is 0. The number of hydrogen-bond donors (Lipinski definition) is 2. The highest BCUT2D eigenvalue weighted by Gasteiger charge is 2.24. The standard InChI is InChI=1S/C29H23N9O2/c1-18(33-28(39)24-25(30)35-37-15-7-14-31-27(24)37)26-34-22-11-6-8-19(12-13-20-16-36(2)17-32-20)23(22)29(40)38(26)21-9-4-3-5-10-21/h3-11,14-18H,1-2H3,(H2,30,35)(H,33,39)/t18-/m0/s1. The summed E-state index contributed by atoms with van der Waals surface area (Å²) in [7, 11) is 1.86. The van der Waals surface area contributed by atoms with E-state index in [-0.39, 0.29) is 16.9 Å². The molecule has 4 heterocycles. The molecular weight excluding hydrogens is 506 g/mol. The van der Waals surface area contributed by atoms with Crippen LogP contribution in [0.5, 0.6) is 0 Å². The molecule has 0 aliphatic rings. The van der Waals surface area contributed by atoms with Crippen LogP contribution in [0.1, 0.15) is 40.4 Å². The Hall–Kier alpha value is -5.76. The SMILES string of the molecule is C[C@H](NC(=O)c1c(N)nn2cccnc12)c1nc2cccc(C#Cc3cn(C)cn3)c2c(=O)n1-c1ccccc1. The Bertz CT molecular complexity index is 2030. The minimum atomic E-state index is -0.689. The average Bonchev–Trinajstić information content (AvgIpc) is 3.53. The van der Waals surface area contributed by atoms with Gasteiger partial charge in [-0.05, 0) is 43.2 Å². The van der Waals surface area contributed by atoms with E-state index in [1.165, 1.54) is 9.08 Å². The fourth-order valence-electron chi connectivity index (χ4n) is 4.53. The number of carbonyl (C=O) groups excluding carboxylic acids is 1. The van der Waals surface area contributed by atoms with Gasteiger partial charge in [0.15, 0.2) is 11.5 Å². The first-order chi connectivity index (χ1) is 19.4. The van der Waals surface area contributed by atoms with Crippen molar-refractivity contribution in [2.24, 2.45) is 7.05 Å². The predicted molar refractivity (Wildman–Crippen MR) is 150 cm³/mol. The number of para-hydroxylation sites is 1. The van der Waals surface area contributed by atoms with Gasteiger partial charge in [-0.15, -0.1) is 5.10 Å². The summed E-state index contributed by atoms with van der Waals surface area (Å²) in [6.45, 7) is 1.75. The number of anilines is 1. The second-order valence-electron chi connectivity index (χ2n) is 9.16. The van der Waals surface area contributed by atoms with Gasteiger partial charge >= 0.3 is 0 Å². The molecule has 1 atom stereocenters. The highest BCUT2D eigenvalue weighted by molar-refractivity contribution is 6.04. The molecule has 0 aliphatic heterocycles. The normalized spacial score (nSPS) is 11.8. The summed E-state index contributed by atoms with van der Waals surface area (Å²) in [5.74, 6) is 6.01. The number of aromatic nitrogens is 7. The van der Waals surface area contributed by atoms with Crippen molar-refractivity contribution < 1.29 is 4.79 Å². The maximum Gasteiger partial charge on any atom is 0.267 e. The number of imidazole rings is 1. The third-order valence-corrected chi connectivity index (χ3v) is 6.35. The van der Waals surface area contributed by atoms with Gasteiger partial charge < -0.3 is 15.6 Å². The fourth-order valence-corrected chi connectivity index (χ4v) is 4.53. The van der Waals surface area contributed by atoms with E-state index in [9.17, 15) is 9.59 Å². The predicted octanol–water partition coefficient (Wildman–Crippen LogP) is 2.63. The number of rotatable bonds is 4. The molecule has 1 amide bonds. The molecule has 0 radical (unpaired) electrons. The van der Waals surface area contributed by atoms with Crippen molar-refractivity contribution in [3.63, 3.8) is 0 Å². The zero-order chi connectivity index (χ0) is 27.8. The summed E-state index contributed by atoms with van der Waals surface area (Å²) in [6.07, 6.45) is 6.68. The molecule has 0 spiro atoms. The summed E-state index contributed by atoms with van der Waals surface area (Å²) in [5.41, 5.74) is 8.39. The lowest BCUT2D eigenvalue weighted by Gasteiger charge is -2.20. The van der Waals surface area contributed by atoms with E-state index in [0.29, 0.717) is 39.3 Å². The van der Waals surface area contributed by atoms with E-state index in [0.717, 1.165) is 0 Å². The van der Waals surface area contributed by atoms with Crippen LogP contribution >= 0.6 is 0 Å². The summed E-state index contributed by atoms with van der Waals surface area (Å²) in [6, 6.07) is 15.5. The van der Waals surface area contributed by atoms with Crippen LogP contribution in [0.4, 0.5) is 5.82 Å². The Morgan fingerprint density at radius 3 is 2.65 bits per heavy atom. The van der Waals surface area contributed by atoms with Gasteiger partial charge in [0, 0.05) is 31.2 Å². The number of amides is 1. The highest BCUT2D eigenvalue weighted by Crippen LogP contribution is 2.22. The average molecular weight is 530 g/mol. The molecule has 11 nitrogen and oxygen atoms in total. The minimum absolute atomic E-state index is 0.0476. The third-order valence-electron chi connectivity index (χ3n) is 6.35. The maximum atomic E-state index is 14.1. The molecule has 11 heteroatoms. The number of nitrogen functional groups attached to an aromatic ring is 1. The molecule has 0 unspecified atom stereocenters. The molecule has 2 aromatic carbocycles. The molecule has 0 aliphatic carbocycles. The minimum Gasteiger partial charge on any atom is -0.381 e. The van der Waals surface area contributed by atoms with E-state index in [1.54, 1.807) is 60.7 Å². The largest absolute Gasteiger partial charge is 0.381 e. The lowest BCUT2D eigenvalue weighted by Crippen LogP contribution is -2.33. The van der Waals surface area contributed by atoms with Crippen LogP contribution in [0.25, 0.3) is 22.2 Å². The molecule has 0 saturated carbocycles. The van der Waals surface area contributed by atoms with Gasteiger partial charge in [-0.3, -0.25) is 14.2 Å². The highest BCUT2D eigenvalue weighted by atomic mass is 16.2. The van der Waals surface area contributed by atoms with Crippen molar-refractivity contribution in [1.29, 1.82) is 0 Å². The molecule has 0 saturated heterocycles. The molecular formula is C29H23N9O2. The van der Waals surface area contributed by atoms with Crippen molar-refractivity contribution >= 4 is 28.3 Å². The van der Waals surface area contributed by atoms with Crippen molar-refractivity contribution in [1.82, 2.24) is 39.0 Å². The third kappa shape index (κ3) is 4.33. The second-order valence-corrected chi connectivity index (χ2v) is 9.16. The quantitative estimate of drug-likeness (QED) is 0.335. The number of aryl methyl sites for hydroxylation is 1. The summed E-state index contributed by atoms with van der Waals surface area (Å²) in [5, 5.41) is 7.46. The first-order valence-corrected chi connectivity index (χ1v) is 12.4. The molecule has 0 fully saturated rings. The Kier molecular flexibility index (Phi) is 6.05. The lowest BCUT2D eigenvalue weighted by molar-refractivity contribution is 0.0940. The van der Waals surface area contributed by atoms with Gasteiger partial charge in [0.2, 0.25) is 0 Å². The molecule has 40 heavy (non-hydrogen) atoms. The summed E-state index contributed by atoms with van der Waals surface area (Å²) in [4.78, 5) is 40.8. The first kappa shape index (κ1) is 24.6. The monoisotopic (exact) mass is 529 g/mol. The van der Waals surface area contributed by atoms with Crippen LogP contribution in [0, 0.1) is 11.8 Å². The number of nitrogens with two attached hydrogens (primary N) is 1. The number of nitrogens with one attached hydrogen (secondary N) is 1. The van der Waals surface area contributed by atoms with Crippen LogP contribution in [0.15, 0.2) is 84.3 Å². The van der Waals surface area contributed by atoms with E-state index in [1.807, 2.05) is 37.4 Å². The zero-order valence-corrected chi connectivity index (χ0v) is 21.6. The van der Waals surface area contributed by atoms with E-state index in [4.69, 9.17) is 10.7 Å². The zero-order valence-electron chi connectivity index (χ0n) is 21.6. The molecule has 4 aromatic heterocycles. The molecule has 196 valence electrons.